The molecular weight excluding hydrogens is 210 g/mol. The Morgan fingerprint density at radius 1 is 1.35 bits per heavy atom. The zero-order valence-corrected chi connectivity index (χ0v) is 11.9. The maximum absolute atomic E-state index is 3.67. The number of aromatic nitrogens is 1. The lowest BCUT2D eigenvalue weighted by Crippen LogP contribution is -2.41. The van der Waals surface area contributed by atoms with Crippen LogP contribution in [0.4, 0.5) is 0 Å². The van der Waals surface area contributed by atoms with E-state index >= 15 is 0 Å². The van der Waals surface area contributed by atoms with E-state index in [-0.39, 0.29) is 0 Å². The quantitative estimate of drug-likeness (QED) is 0.784. The van der Waals surface area contributed by atoms with Gasteiger partial charge in [0, 0.05) is 37.6 Å². The normalized spacial score (nSPS) is 13.6. The zero-order chi connectivity index (χ0) is 12.8. The van der Waals surface area contributed by atoms with Crippen LogP contribution in [0, 0.1) is 5.92 Å². The molecule has 0 saturated heterocycles. The summed E-state index contributed by atoms with van der Waals surface area (Å²) >= 11 is 0. The molecule has 98 valence electrons. The number of hydrogen-bond donors (Lipinski definition) is 1. The molecule has 1 N–H and O–H groups in total. The van der Waals surface area contributed by atoms with Crippen LogP contribution in [-0.4, -0.2) is 36.1 Å². The first-order valence-corrected chi connectivity index (χ1v) is 6.56. The van der Waals surface area contributed by atoms with E-state index in [2.05, 4.69) is 68.0 Å². The summed E-state index contributed by atoms with van der Waals surface area (Å²) in [7, 11) is 4.26. The highest BCUT2D eigenvalue weighted by molar-refractivity contribution is 5.07. The van der Waals surface area contributed by atoms with E-state index in [0.29, 0.717) is 12.0 Å². The smallest absolute Gasteiger partial charge is 0.0362 e. The van der Waals surface area contributed by atoms with Crippen molar-refractivity contribution in [3.05, 3.63) is 24.0 Å². The Labute approximate surface area is 106 Å². The fourth-order valence-electron chi connectivity index (χ4n) is 2.06. The lowest BCUT2D eigenvalue weighted by molar-refractivity contribution is 0.286. The zero-order valence-electron chi connectivity index (χ0n) is 11.9. The molecule has 1 heterocycles. The maximum atomic E-state index is 3.67. The molecule has 0 aliphatic rings. The summed E-state index contributed by atoms with van der Waals surface area (Å²) in [6.07, 6.45) is 2.15. The van der Waals surface area contributed by atoms with Gasteiger partial charge < -0.3 is 14.8 Å². The van der Waals surface area contributed by atoms with Crippen LogP contribution in [0.15, 0.2) is 18.3 Å². The Balaban J connectivity index is 2.51. The highest BCUT2D eigenvalue weighted by Gasteiger charge is 2.14. The van der Waals surface area contributed by atoms with Crippen LogP contribution in [0.2, 0.25) is 0 Å². The topological polar surface area (TPSA) is 20.2 Å². The second kappa shape index (κ2) is 6.82. The number of aryl methyl sites for hydroxylation is 1. The summed E-state index contributed by atoms with van der Waals surface area (Å²) in [5.74, 6) is 0.655. The van der Waals surface area contributed by atoms with E-state index in [4.69, 9.17) is 0 Å². The fourth-order valence-corrected chi connectivity index (χ4v) is 2.06. The molecule has 0 aliphatic heterocycles. The summed E-state index contributed by atoms with van der Waals surface area (Å²) in [5, 5.41) is 3.67. The van der Waals surface area contributed by atoms with Crippen LogP contribution in [0.1, 0.15) is 26.5 Å². The SMILES string of the molecule is CCn1cccc1CNC(CN(C)C)C(C)C. The van der Waals surface area contributed by atoms with Crippen LogP contribution in [-0.2, 0) is 13.1 Å². The lowest BCUT2D eigenvalue weighted by atomic mass is 10.0. The number of rotatable bonds is 7. The molecule has 1 unspecified atom stereocenters. The Hall–Kier alpha value is -0.800. The molecule has 0 spiro atoms. The number of nitrogens with one attached hydrogen (secondary N) is 1. The lowest BCUT2D eigenvalue weighted by Gasteiger charge is -2.26. The van der Waals surface area contributed by atoms with E-state index in [1.165, 1.54) is 5.69 Å². The third kappa shape index (κ3) is 4.52. The van der Waals surface area contributed by atoms with Crippen molar-refractivity contribution < 1.29 is 0 Å². The van der Waals surface area contributed by atoms with Gasteiger partial charge in [-0.1, -0.05) is 13.8 Å². The molecule has 0 aliphatic carbocycles. The molecule has 1 aromatic rings. The number of hydrogen-bond acceptors (Lipinski definition) is 2. The van der Waals surface area contributed by atoms with Crippen LogP contribution >= 0.6 is 0 Å². The van der Waals surface area contributed by atoms with Gasteiger partial charge in [-0.3, -0.25) is 0 Å². The summed E-state index contributed by atoms with van der Waals surface area (Å²) in [5.41, 5.74) is 1.37. The molecule has 17 heavy (non-hydrogen) atoms. The van der Waals surface area contributed by atoms with Crippen molar-refractivity contribution in [2.24, 2.45) is 5.92 Å². The summed E-state index contributed by atoms with van der Waals surface area (Å²) in [4.78, 5) is 2.25. The second-order valence-corrected chi connectivity index (χ2v) is 5.28. The molecule has 0 radical (unpaired) electrons. The predicted molar refractivity (Wildman–Crippen MR) is 74.1 cm³/mol. The molecule has 1 aromatic heterocycles. The minimum Gasteiger partial charge on any atom is -0.351 e. The Morgan fingerprint density at radius 2 is 2.06 bits per heavy atom. The first-order valence-electron chi connectivity index (χ1n) is 6.56. The van der Waals surface area contributed by atoms with Crippen molar-refractivity contribution in [1.82, 2.24) is 14.8 Å². The highest BCUT2D eigenvalue weighted by atomic mass is 15.1. The van der Waals surface area contributed by atoms with Gasteiger partial charge >= 0.3 is 0 Å². The first-order chi connectivity index (χ1) is 8.04. The maximum Gasteiger partial charge on any atom is 0.0362 e. The Kier molecular flexibility index (Phi) is 5.72. The summed E-state index contributed by atoms with van der Waals surface area (Å²) < 4.78 is 2.29. The van der Waals surface area contributed by atoms with Gasteiger partial charge in [-0.15, -0.1) is 0 Å². The van der Waals surface area contributed by atoms with Crippen molar-refractivity contribution in [3.63, 3.8) is 0 Å². The molecule has 0 amide bonds. The monoisotopic (exact) mass is 237 g/mol. The van der Waals surface area contributed by atoms with Crippen LogP contribution < -0.4 is 5.32 Å². The molecule has 3 heteroatoms. The number of nitrogens with zero attached hydrogens (tertiary/aromatic N) is 2. The van der Waals surface area contributed by atoms with Gasteiger partial charge in [0.15, 0.2) is 0 Å². The molecule has 0 bridgehead atoms. The van der Waals surface area contributed by atoms with Crippen LogP contribution in [0.25, 0.3) is 0 Å². The molecule has 0 saturated carbocycles. The molecular formula is C14H27N3. The van der Waals surface area contributed by atoms with E-state index in [1.807, 2.05) is 0 Å². The Morgan fingerprint density at radius 3 is 2.59 bits per heavy atom. The Bertz CT molecular complexity index is 315. The summed E-state index contributed by atoms with van der Waals surface area (Å²) in [6.45, 7) is 9.83. The third-order valence-electron chi connectivity index (χ3n) is 3.18. The van der Waals surface area contributed by atoms with Gasteiger partial charge in [-0.2, -0.15) is 0 Å². The largest absolute Gasteiger partial charge is 0.351 e. The highest BCUT2D eigenvalue weighted by Crippen LogP contribution is 2.06. The second-order valence-electron chi connectivity index (χ2n) is 5.28. The average Bonchev–Trinajstić information content (AvgIpc) is 2.70. The van der Waals surface area contributed by atoms with E-state index < -0.39 is 0 Å². The van der Waals surface area contributed by atoms with Crippen molar-refractivity contribution in [2.45, 2.75) is 39.9 Å². The fraction of sp³-hybridized carbons (Fsp3) is 0.714. The summed E-state index contributed by atoms with van der Waals surface area (Å²) in [6, 6.07) is 4.87. The van der Waals surface area contributed by atoms with Crippen molar-refractivity contribution in [2.75, 3.05) is 20.6 Å². The molecule has 3 nitrogen and oxygen atoms in total. The standard InChI is InChI=1S/C14H27N3/c1-6-17-9-7-8-13(17)10-15-14(12(2)3)11-16(4)5/h7-9,12,14-15H,6,10-11H2,1-5H3. The average molecular weight is 237 g/mol. The van der Waals surface area contributed by atoms with Crippen LogP contribution in [0.3, 0.4) is 0 Å². The van der Waals surface area contributed by atoms with Gasteiger partial charge in [-0.25, -0.2) is 0 Å². The van der Waals surface area contributed by atoms with Gasteiger partial charge in [-0.05, 0) is 39.1 Å². The number of likely N-dealkylation sites (N-methyl/N-ethyl adjacent to an activating group) is 1. The minimum absolute atomic E-state index is 0.546. The van der Waals surface area contributed by atoms with E-state index in [0.717, 1.165) is 19.6 Å². The predicted octanol–water partition coefficient (Wildman–Crippen LogP) is 2.18. The van der Waals surface area contributed by atoms with Gasteiger partial charge in [0.25, 0.3) is 0 Å². The molecule has 0 aromatic carbocycles. The third-order valence-corrected chi connectivity index (χ3v) is 3.18. The van der Waals surface area contributed by atoms with Crippen molar-refractivity contribution in [3.8, 4) is 0 Å². The minimum atomic E-state index is 0.546. The van der Waals surface area contributed by atoms with Crippen molar-refractivity contribution in [1.29, 1.82) is 0 Å². The van der Waals surface area contributed by atoms with E-state index in [1.54, 1.807) is 0 Å². The van der Waals surface area contributed by atoms with Gasteiger partial charge in [0.1, 0.15) is 0 Å². The molecule has 0 fully saturated rings. The van der Waals surface area contributed by atoms with E-state index in [9.17, 15) is 0 Å². The first kappa shape index (κ1) is 14.3. The van der Waals surface area contributed by atoms with Gasteiger partial charge in [0.05, 0.1) is 0 Å². The molecule has 1 atom stereocenters. The van der Waals surface area contributed by atoms with Gasteiger partial charge in [0.2, 0.25) is 0 Å². The molecule has 1 rings (SSSR count). The van der Waals surface area contributed by atoms with Crippen LogP contribution in [0.5, 0.6) is 0 Å². The van der Waals surface area contributed by atoms with Crippen molar-refractivity contribution >= 4 is 0 Å².